The van der Waals surface area contributed by atoms with Gasteiger partial charge in [-0.05, 0) is 24.7 Å². The van der Waals surface area contributed by atoms with Crippen LogP contribution in [-0.4, -0.2) is 13.1 Å². The summed E-state index contributed by atoms with van der Waals surface area (Å²) in [5.74, 6) is 1.40. The number of rotatable bonds is 2. The SMILES string of the molecule is COC(=O)CC1CCC(C)CC1. The minimum Gasteiger partial charge on any atom is -0.469 e. The maximum absolute atomic E-state index is 10.9. The highest BCUT2D eigenvalue weighted by Crippen LogP contribution is 2.30. The molecule has 2 nitrogen and oxygen atoms in total. The van der Waals surface area contributed by atoms with Crippen molar-refractivity contribution >= 4 is 5.97 Å². The molecule has 1 fully saturated rings. The molecule has 0 atom stereocenters. The molecule has 1 saturated carbocycles. The molecule has 70 valence electrons. The van der Waals surface area contributed by atoms with Crippen LogP contribution in [0.1, 0.15) is 39.0 Å². The Balaban J connectivity index is 2.21. The Kier molecular flexibility index (Phi) is 3.57. The van der Waals surface area contributed by atoms with Crippen LogP contribution in [0.25, 0.3) is 0 Å². The number of ether oxygens (including phenoxy) is 1. The van der Waals surface area contributed by atoms with Gasteiger partial charge in [0.2, 0.25) is 0 Å². The summed E-state index contributed by atoms with van der Waals surface area (Å²) in [7, 11) is 1.47. The number of methoxy groups -OCH3 is 1. The number of hydrogen-bond donors (Lipinski definition) is 0. The normalized spacial score (nSPS) is 29.8. The van der Waals surface area contributed by atoms with Crippen LogP contribution >= 0.6 is 0 Å². The van der Waals surface area contributed by atoms with Gasteiger partial charge in [0.25, 0.3) is 0 Å². The van der Waals surface area contributed by atoms with Crippen LogP contribution in [0.3, 0.4) is 0 Å². The average Bonchev–Trinajstić information content (AvgIpc) is 2.09. The minimum atomic E-state index is -0.0467. The molecule has 1 aliphatic rings. The predicted molar refractivity (Wildman–Crippen MR) is 47.8 cm³/mol. The van der Waals surface area contributed by atoms with Crippen molar-refractivity contribution in [2.24, 2.45) is 11.8 Å². The molecule has 0 N–H and O–H groups in total. The molecule has 0 aromatic rings. The second kappa shape index (κ2) is 4.48. The summed E-state index contributed by atoms with van der Waals surface area (Å²) in [6.45, 7) is 2.29. The van der Waals surface area contributed by atoms with E-state index in [-0.39, 0.29) is 5.97 Å². The van der Waals surface area contributed by atoms with Crippen LogP contribution in [0.4, 0.5) is 0 Å². The maximum Gasteiger partial charge on any atom is 0.305 e. The highest BCUT2D eigenvalue weighted by molar-refractivity contribution is 5.69. The molecule has 2 heteroatoms. The summed E-state index contributed by atoms with van der Waals surface area (Å²) >= 11 is 0. The van der Waals surface area contributed by atoms with Crippen molar-refractivity contribution in [3.63, 3.8) is 0 Å². The Morgan fingerprint density at radius 3 is 2.42 bits per heavy atom. The molecule has 0 amide bonds. The number of carbonyl (C=O) groups is 1. The molecular formula is C10H18O2. The highest BCUT2D eigenvalue weighted by Gasteiger charge is 2.20. The summed E-state index contributed by atoms with van der Waals surface area (Å²) in [4.78, 5) is 10.9. The average molecular weight is 170 g/mol. The first-order valence-corrected chi connectivity index (χ1v) is 4.79. The second-order valence-corrected chi connectivity index (χ2v) is 3.91. The van der Waals surface area contributed by atoms with E-state index in [9.17, 15) is 4.79 Å². The van der Waals surface area contributed by atoms with Gasteiger partial charge in [0, 0.05) is 6.42 Å². The molecule has 12 heavy (non-hydrogen) atoms. The summed E-state index contributed by atoms with van der Waals surface area (Å²) in [5.41, 5.74) is 0. The van der Waals surface area contributed by atoms with Crippen molar-refractivity contribution < 1.29 is 9.53 Å². The molecule has 0 spiro atoms. The second-order valence-electron chi connectivity index (χ2n) is 3.91. The van der Waals surface area contributed by atoms with Crippen LogP contribution < -0.4 is 0 Å². The van der Waals surface area contributed by atoms with E-state index in [2.05, 4.69) is 11.7 Å². The Labute approximate surface area is 74.3 Å². The molecule has 1 aliphatic carbocycles. The first kappa shape index (κ1) is 9.56. The van der Waals surface area contributed by atoms with Gasteiger partial charge in [-0.3, -0.25) is 4.79 Å². The molecule has 1 rings (SSSR count). The van der Waals surface area contributed by atoms with Crippen molar-refractivity contribution in [3.05, 3.63) is 0 Å². The highest BCUT2D eigenvalue weighted by atomic mass is 16.5. The third-order valence-electron chi connectivity index (χ3n) is 2.82. The van der Waals surface area contributed by atoms with Crippen LogP contribution in [0.5, 0.6) is 0 Å². The fourth-order valence-corrected chi connectivity index (χ4v) is 1.85. The molecule has 0 heterocycles. The van der Waals surface area contributed by atoms with Crippen LogP contribution in [-0.2, 0) is 9.53 Å². The third-order valence-corrected chi connectivity index (χ3v) is 2.82. The van der Waals surface area contributed by atoms with Crippen molar-refractivity contribution in [3.8, 4) is 0 Å². The smallest absolute Gasteiger partial charge is 0.305 e. The van der Waals surface area contributed by atoms with Gasteiger partial charge in [0.1, 0.15) is 0 Å². The quantitative estimate of drug-likeness (QED) is 0.595. The molecule has 0 unspecified atom stereocenters. The lowest BCUT2D eigenvalue weighted by atomic mass is 9.81. The molecule has 0 aromatic heterocycles. The van der Waals surface area contributed by atoms with E-state index in [1.54, 1.807) is 0 Å². The summed E-state index contributed by atoms with van der Waals surface area (Å²) in [5, 5.41) is 0. The Morgan fingerprint density at radius 1 is 1.33 bits per heavy atom. The zero-order valence-corrected chi connectivity index (χ0v) is 8.01. The van der Waals surface area contributed by atoms with Crippen LogP contribution in [0, 0.1) is 11.8 Å². The molecule has 0 aromatic carbocycles. The summed E-state index contributed by atoms with van der Waals surface area (Å²) in [6, 6.07) is 0. The monoisotopic (exact) mass is 170 g/mol. The molecular weight excluding hydrogens is 152 g/mol. The number of esters is 1. The minimum absolute atomic E-state index is 0.0467. The standard InChI is InChI=1S/C10H18O2/c1-8-3-5-9(6-4-8)7-10(11)12-2/h8-9H,3-7H2,1-2H3. The van der Waals surface area contributed by atoms with E-state index in [0.29, 0.717) is 12.3 Å². The third kappa shape index (κ3) is 2.84. The van der Waals surface area contributed by atoms with Gasteiger partial charge < -0.3 is 4.74 Å². The van der Waals surface area contributed by atoms with Crippen molar-refractivity contribution in [2.75, 3.05) is 7.11 Å². The largest absolute Gasteiger partial charge is 0.469 e. The van der Waals surface area contributed by atoms with E-state index in [1.165, 1.54) is 32.8 Å². The molecule has 0 radical (unpaired) electrons. The van der Waals surface area contributed by atoms with Gasteiger partial charge in [-0.2, -0.15) is 0 Å². The van der Waals surface area contributed by atoms with Gasteiger partial charge in [0.05, 0.1) is 7.11 Å². The topological polar surface area (TPSA) is 26.3 Å². The fourth-order valence-electron chi connectivity index (χ4n) is 1.85. The number of hydrogen-bond acceptors (Lipinski definition) is 2. The zero-order chi connectivity index (χ0) is 8.97. The van der Waals surface area contributed by atoms with Gasteiger partial charge in [-0.25, -0.2) is 0 Å². The fraction of sp³-hybridized carbons (Fsp3) is 0.900. The van der Waals surface area contributed by atoms with E-state index in [4.69, 9.17) is 0 Å². The summed E-state index contributed by atoms with van der Waals surface area (Å²) in [6.07, 6.45) is 5.60. The molecule has 0 aliphatic heterocycles. The van der Waals surface area contributed by atoms with Crippen molar-refractivity contribution in [1.82, 2.24) is 0 Å². The van der Waals surface area contributed by atoms with Crippen molar-refractivity contribution in [2.45, 2.75) is 39.0 Å². The van der Waals surface area contributed by atoms with Crippen molar-refractivity contribution in [1.29, 1.82) is 0 Å². The summed E-state index contributed by atoms with van der Waals surface area (Å²) < 4.78 is 4.64. The predicted octanol–water partition coefficient (Wildman–Crippen LogP) is 2.38. The zero-order valence-electron chi connectivity index (χ0n) is 8.01. The molecule has 0 saturated heterocycles. The Morgan fingerprint density at radius 2 is 1.92 bits per heavy atom. The van der Waals surface area contributed by atoms with E-state index >= 15 is 0 Å². The first-order chi connectivity index (χ1) is 5.72. The Hall–Kier alpha value is -0.530. The lowest BCUT2D eigenvalue weighted by Gasteiger charge is -2.24. The number of carbonyl (C=O) groups excluding carboxylic acids is 1. The Bertz CT molecular complexity index is 146. The van der Waals surface area contributed by atoms with Gasteiger partial charge in [0.15, 0.2) is 0 Å². The van der Waals surface area contributed by atoms with E-state index in [1.807, 2.05) is 0 Å². The lowest BCUT2D eigenvalue weighted by Crippen LogP contribution is -2.16. The van der Waals surface area contributed by atoms with Gasteiger partial charge in [-0.1, -0.05) is 19.8 Å². The van der Waals surface area contributed by atoms with E-state index in [0.717, 1.165) is 5.92 Å². The van der Waals surface area contributed by atoms with Gasteiger partial charge >= 0.3 is 5.97 Å². The lowest BCUT2D eigenvalue weighted by molar-refractivity contribution is -0.142. The van der Waals surface area contributed by atoms with E-state index < -0.39 is 0 Å². The van der Waals surface area contributed by atoms with Crippen LogP contribution in [0.2, 0.25) is 0 Å². The van der Waals surface area contributed by atoms with Crippen LogP contribution in [0.15, 0.2) is 0 Å². The van der Waals surface area contributed by atoms with Gasteiger partial charge in [-0.15, -0.1) is 0 Å². The molecule has 0 bridgehead atoms. The first-order valence-electron chi connectivity index (χ1n) is 4.79. The maximum atomic E-state index is 10.9.